The zero-order valence-electron chi connectivity index (χ0n) is 10.1. The monoisotopic (exact) mass is 227 g/mol. The molecule has 0 aromatic heterocycles. The molecule has 16 heavy (non-hydrogen) atoms. The first-order valence-electron chi connectivity index (χ1n) is 6.08. The van der Waals surface area contributed by atoms with Crippen LogP contribution in [0.1, 0.15) is 52.4 Å². The molecule has 1 rings (SSSR count). The van der Waals surface area contributed by atoms with Crippen molar-refractivity contribution in [3.63, 3.8) is 0 Å². The van der Waals surface area contributed by atoms with Gasteiger partial charge in [0, 0.05) is 6.42 Å². The third kappa shape index (κ3) is 2.74. The summed E-state index contributed by atoms with van der Waals surface area (Å²) in [5.74, 6) is -0.640. The molecule has 4 nitrogen and oxygen atoms in total. The van der Waals surface area contributed by atoms with Crippen molar-refractivity contribution in [3.8, 4) is 0 Å². The number of amides is 1. The van der Waals surface area contributed by atoms with E-state index < -0.39 is 11.5 Å². The fourth-order valence-electron chi connectivity index (χ4n) is 2.08. The summed E-state index contributed by atoms with van der Waals surface area (Å²) in [4.78, 5) is 22.8. The van der Waals surface area contributed by atoms with Crippen LogP contribution in [0.2, 0.25) is 0 Å². The van der Waals surface area contributed by atoms with E-state index in [-0.39, 0.29) is 5.91 Å². The van der Waals surface area contributed by atoms with Crippen molar-refractivity contribution in [1.29, 1.82) is 0 Å². The second kappa shape index (κ2) is 5.32. The molecular formula is C12H21NO3. The van der Waals surface area contributed by atoms with Crippen molar-refractivity contribution in [2.45, 2.75) is 57.9 Å². The minimum Gasteiger partial charge on any atom is -0.480 e. The number of carboxylic acid groups (broad SMARTS) is 1. The van der Waals surface area contributed by atoms with Crippen molar-refractivity contribution < 1.29 is 14.7 Å². The van der Waals surface area contributed by atoms with Gasteiger partial charge in [-0.05, 0) is 25.2 Å². The highest BCUT2D eigenvalue weighted by molar-refractivity contribution is 5.87. The summed E-state index contributed by atoms with van der Waals surface area (Å²) in [6.07, 6.45) is 4.39. The normalized spacial score (nSPS) is 17.9. The smallest absolute Gasteiger partial charge is 0.329 e. The maximum Gasteiger partial charge on any atom is 0.329 e. The standard InChI is InChI=1S/C12H21NO3/c1-3-9(4-2)8-10(14)13-12(11(15)16)6-5-7-12/h9H,3-8H2,1-2H3,(H,13,14)(H,15,16). The van der Waals surface area contributed by atoms with Gasteiger partial charge in [0.1, 0.15) is 5.54 Å². The van der Waals surface area contributed by atoms with Gasteiger partial charge < -0.3 is 10.4 Å². The Kier molecular flexibility index (Phi) is 4.33. The SMILES string of the molecule is CCC(CC)CC(=O)NC1(C(=O)O)CCC1. The Morgan fingerprint density at radius 3 is 2.19 bits per heavy atom. The van der Waals surface area contributed by atoms with Gasteiger partial charge in [0.25, 0.3) is 0 Å². The molecule has 0 aromatic carbocycles. The van der Waals surface area contributed by atoms with Crippen LogP contribution in [0.15, 0.2) is 0 Å². The highest BCUT2D eigenvalue weighted by Gasteiger charge is 2.45. The van der Waals surface area contributed by atoms with Gasteiger partial charge in [0.2, 0.25) is 5.91 Å². The number of rotatable bonds is 6. The van der Waals surface area contributed by atoms with Crippen LogP contribution in [0.25, 0.3) is 0 Å². The van der Waals surface area contributed by atoms with E-state index >= 15 is 0 Å². The van der Waals surface area contributed by atoms with E-state index in [1.807, 2.05) is 0 Å². The van der Waals surface area contributed by atoms with Gasteiger partial charge in [-0.1, -0.05) is 26.7 Å². The molecule has 1 saturated carbocycles. The lowest BCUT2D eigenvalue weighted by Gasteiger charge is -2.38. The average Bonchev–Trinajstić information content (AvgIpc) is 2.19. The summed E-state index contributed by atoms with van der Waals surface area (Å²) in [6, 6.07) is 0. The molecule has 1 fully saturated rings. The minimum absolute atomic E-state index is 0.115. The first kappa shape index (κ1) is 13.0. The molecule has 0 saturated heterocycles. The number of carbonyl (C=O) groups is 2. The Balaban J connectivity index is 2.47. The van der Waals surface area contributed by atoms with Gasteiger partial charge in [0.15, 0.2) is 0 Å². The van der Waals surface area contributed by atoms with Crippen LogP contribution in [0.3, 0.4) is 0 Å². The molecule has 0 radical (unpaired) electrons. The van der Waals surface area contributed by atoms with Gasteiger partial charge in [0.05, 0.1) is 0 Å². The largest absolute Gasteiger partial charge is 0.480 e. The molecule has 1 aliphatic rings. The molecule has 0 aliphatic heterocycles. The molecule has 0 bridgehead atoms. The van der Waals surface area contributed by atoms with E-state index in [1.165, 1.54) is 0 Å². The lowest BCUT2D eigenvalue weighted by atomic mass is 9.76. The van der Waals surface area contributed by atoms with Crippen molar-refractivity contribution in [2.24, 2.45) is 5.92 Å². The molecule has 0 atom stereocenters. The highest BCUT2D eigenvalue weighted by atomic mass is 16.4. The number of nitrogens with one attached hydrogen (secondary N) is 1. The van der Waals surface area contributed by atoms with E-state index in [1.54, 1.807) is 0 Å². The zero-order valence-corrected chi connectivity index (χ0v) is 10.1. The van der Waals surface area contributed by atoms with Crippen LogP contribution in [0.4, 0.5) is 0 Å². The van der Waals surface area contributed by atoms with Crippen LogP contribution in [-0.4, -0.2) is 22.5 Å². The summed E-state index contributed by atoms with van der Waals surface area (Å²) in [7, 11) is 0. The fraction of sp³-hybridized carbons (Fsp3) is 0.833. The predicted molar refractivity (Wildman–Crippen MR) is 61.0 cm³/mol. The van der Waals surface area contributed by atoms with E-state index in [4.69, 9.17) is 5.11 Å². The number of hydrogen-bond donors (Lipinski definition) is 2. The van der Waals surface area contributed by atoms with E-state index in [9.17, 15) is 9.59 Å². The molecular weight excluding hydrogens is 206 g/mol. The highest BCUT2D eigenvalue weighted by Crippen LogP contribution is 2.32. The molecule has 2 N–H and O–H groups in total. The van der Waals surface area contributed by atoms with Gasteiger partial charge >= 0.3 is 5.97 Å². The third-order valence-electron chi connectivity index (χ3n) is 3.62. The number of carbonyl (C=O) groups excluding carboxylic acids is 1. The zero-order chi connectivity index (χ0) is 12.2. The van der Waals surface area contributed by atoms with Crippen LogP contribution < -0.4 is 5.32 Å². The van der Waals surface area contributed by atoms with Gasteiger partial charge in [-0.2, -0.15) is 0 Å². The lowest BCUT2D eigenvalue weighted by Crippen LogP contribution is -2.59. The molecule has 0 spiro atoms. The lowest BCUT2D eigenvalue weighted by molar-refractivity contribution is -0.152. The summed E-state index contributed by atoms with van der Waals surface area (Å²) in [6.45, 7) is 4.11. The summed E-state index contributed by atoms with van der Waals surface area (Å²) >= 11 is 0. The van der Waals surface area contributed by atoms with Crippen LogP contribution >= 0.6 is 0 Å². The number of aliphatic carboxylic acids is 1. The van der Waals surface area contributed by atoms with Crippen molar-refractivity contribution in [3.05, 3.63) is 0 Å². The molecule has 92 valence electrons. The van der Waals surface area contributed by atoms with Gasteiger partial charge in [-0.15, -0.1) is 0 Å². The molecule has 4 heteroatoms. The average molecular weight is 227 g/mol. The second-order valence-electron chi connectivity index (χ2n) is 4.68. The van der Waals surface area contributed by atoms with Crippen LogP contribution in [-0.2, 0) is 9.59 Å². The Bertz CT molecular complexity index is 267. The second-order valence-corrected chi connectivity index (χ2v) is 4.68. The molecule has 0 heterocycles. The van der Waals surface area contributed by atoms with Crippen LogP contribution in [0, 0.1) is 5.92 Å². The first-order valence-corrected chi connectivity index (χ1v) is 6.08. The Labute approximate surface area is 96.4 Å². The van der Waals surface area contributed by atoms with Crippen LogP contribution in [0.5, 0.6) is 0 Å². The number of carboxylic acids is 1. The van der Waals surface area contributed by atoms with Crippen molar-refractivity contribution in [1.82, 2.24) is 5.32 Å². The molecule has 0 aromatic rings. The maximum atomic E-state index is 11.7. The number of hydrogen-bond acceptors (Lipinski definition) is 2. The summed E-state index contributed by atoms with van der Waals surface area (Å²) < 4.78 is 0. The summed E-state index contributed by atoms with van der Waals surface area (Å²) in [5, 5.41) is 11.8. The maximum absolute atomic E-state index is 11.7. The quantitative estimate of drug-likeness (QED) is 0.728. The topological polar surface area (TPSA) is 66.4 Å². The minimum atomic E-state index is -0.955. The fourth-order valence-corrected chi connectivity index (χ4v) is 2.08. The molecule has 0 unspecified atom stereocenters. The van der Waals surface area contributed by atoms with E-state index in [0.29, 0.717) is 25.2 Å². The Morgan fingerprint density at radius 2 is 1.88 bits per heavy atom. The van der Waals surface area contributed by atoms with Gasteiger partial charge in [-0.25, -0.2) is 4.79 Å². The predicted octanol–water partition coefficient (Wildman–Crippen LogP) is 1.94. The third-order valence-corrected chi connectivity index (χ3v) is 3.62. The van der Waals surface area contributed by atoms with E-state index in [0.717, 1.165) is 19.3 Å². The Morgan fingerprint density at radius 1 is 1.31 bits per heavy atom. The van der Waals surface area contributed by atoms with E-state index in [2.05, 4.69) is 19.2 Å². The van der Waals surface area contributed by atoms with Crippen molar-refractivity contribution >= 4 is 11.9 Å². The molecule has 1 amide bonds. The summed E-state index contributed by atoms with van der Waals surface area (Å²) in [5.41, 5.74) is -0.955. The Hall–Kier alpha value is -1.06. The first-order chi connectivity index (χ1) is 7.54. The van der Waals surface area contributed by atoms with Gasteiger partial charge in [-0.3, -0.25) is 4.79 Å². The molecule has 1 aliphatic carbocycles. The van der Waals surface area contributed by atoms with Crippen molar-refractivity contribution in [2.75, 3.05) is 0 Å².